The van der Waals surface area contributed by atoms with Gasteiger partial charge in [0.2, 0.25) is 5.88 Å². The minimum absolute atomic E-state index is 0.533. The van der Waals surface area contributed by atoms with E-state index in [1.165, 1.54) is 32.1 Å². The molecule has 0 spiro atoms. The van der Waals surface area contributed by atoms with Gasteiger partial charge in [0.1, 0.15) is 5.69 Å². The lowest BCUT2D eigenvalue weighted by atomic mass is 9.84. The zero-order valence-electron chi connectivity index (χ0n) is 13.1. The van der Waals surface area contributed by atoms with Crippen LogP contribution in [-0.2, 0) is 0 Å². The van der Waals surface area contributed by atoms with Crippen LogP contribution >= 0.6 is 0 Å². The van der Waals surface area contributed by atoms with Crippen LogP contribution in [0.2, 0.25) is 0 Å². The zero-order valence-corrected chi connectivity index (χ0v) is 13.1. The van der Waals surface area contributed by atoms with Gasteiger partial charge in [0, 0.05) is 26.3 Å². The largest absolute Gasteiger partial charge is 0.479 e. The summed E-state index contributed by atoms with van der Waals surface area (Å²) in [7, 11) is 5.79. The fourth-order valence-corrected chi connectivity index (χ4v) is 3.09. The molecule has 4 nitrogen and oxygen atoms in total. The van der Waals surface area contributed by atoms with Crippen molar-refractivity contribution in [3.8, 4) is 5.88 Å². The van der Waals surface area contributed by atoms with E-state index in [9.17, 15) is 0 Å². The Morgan fingerprint density at radius 3 is 2.85 bits per heavy atom. The van der Waals surface area contributed by atoms with Gasteiger partial charge in [0.25, 0.3) is 0 Å². The van der Waals surface area contributed by atoms with E-state index < -0.39 is 0 Å². The van der Waals surface area contributed by atoms with Crippen molar-refractivity contribution in [3.63, 3.8) is 0 Å². The van der Waals surface area contributed by atoms with Crippen LogP contribution in [0.1, 0.15) is 39.0 Å². The Morgan fingerprint density at radius 2 is 2.20 bits per heavy atom. The highest BCUT2D eigenvalue weighted by Gasteiger charge is 2.23. The molecule has 1 aromatic rings. The fraction of sp³-hybridized carbons (Fsp3) is 0.688. The molecular weight excluding hydrogens is 250 g/mol. The summed E-state index contributed by atoms with van der Waals surface area (Å²) in [6.07, 6.45) is 8.26. The lowest BCUT2D eigenvalue weighted by molar-refractivity contribution is 0.326. The second-order valence-electron chi connectivity index (χ2n) is 5.89. The van der Waals surface area contributed by atoms with Crippen LogP contribution in [0.5, 0.6) is 5.88 Å². The van der Waals surface area contributed by atoms with Gasteiger partial charge in [0.15, 0.2) is 0 Å². The lowest BCUT2D eigenvalue weighted by Gasteiger charge is -2.31. The minimum Gasteiger partial charge on any atom is -0.479 e. The molecular formula is C16H27N3O. The summed E-state index contributed by atoms with van der Waals surface area (Å²) in [5, 5.41) is 3.69. The van der Waals surface area contributed by atoms with Crippen LogP contribution in [-0.4, -0.2) is 32.2 Å². The maximum atomic E-state index is 5.43. The van der Waals surface area contributed by atoms with Crippen LogP contribution in [0.15, 0.2) is 12.3 Å². The molecule has 1 saturated carbocycles. The summed E-state index contributed by atoms with van der Waals surface area (Å²) < 4.78 is 5.43. The van der Waals surface area contributed by atoms with Crippen LogP contribution in [0.4, 0.5) is 11.4 Å². The van der Waals surface area contributed by atoms with Gasteiger partial charge in [-0.3, -0.25) is 0 Å². The molecule has 1 N–H and O–H groups in total. The minimum atomic E-state index is 0.533. The van der Waals surface area contributed by atoms with Crippen molar-refractivity contribution in [1.29, 1.82) is 0 Å². The topological polar surface area (TPSA) is 37.4 Å². The normalized spacial score (nSPS) is 22.4. The number of nitrogens with zero attached hydrogens (tertiary/aromatic N) is 2. The van der Waals surface area contributed by atoms with Gasteiger partial charge in [0.05, 0.1) is 12.8 Å². The smallest absolute Gasteiger partial charge is 0.239 e. The van der Waals surface area contributed by atoms with Crippen LogP contribution in [0, 0.1) is 5.92 Å². The van der Waals surface area contributed by atoms with Crippen molar-refractivity contribution in [2.45, 2.75) is 45.1 Å². The fourth-order valence-electron chi connectivity index (χ4n) is 3.09. The van der Waals surface area contributed by atoms with Gasteiger partial charge >= 0.3 is 0 Å². The van der Waals surface area contributed by atoms with Gasteiger partial charge in [-0.1, -0.05) is 26.2 Å². The number of hydrogen-bond donors (Lipinski definition) is 1. The average molecular weight is 277 g/mol. The van der Waals surface area contributed by atoms with Crippen molar-refractivity contribution in [1.82, 2.24) is 4.98 Å². The highest BCUT2D eigenvalue weighted by molar-refractivity contribution is 5.74. The molecule has 1 fully saturated rings. The molecule has 1 aliphatic rings. The van der Waals surface area contributed by atoms with E-state index in [1.807, 2.05) is 6.07 Å². The molecule has 1 heterocycles. The molecule has 0 aromatic carbocycles. The third kappa shape index (κ3) is 3.35. The van der Waals surface area contributed by atoms with Crippen LogP contribution in [0.25, 0.3) is 0 Å². The van der Waals surface area contributed by atoms with Crippen LogP contribution < -0.4 is 15.0 Å². The summed E-state index contributed by atoms with van der Waals surface area (Å²) in [6, 6.07) is 2.57. The Bertz CT molecular complexity index is 434. The molecule has 2 atom stereocenters. The van der Waals surface area contributed by atoms with E-state index in [4.69, 9.17) is 4.74 Å². The van der Waals surface area contributed by atoms with Crippen molar-refractivity contribution >= 4 is 11.4 Å². The van der Waals surface area contributed by atoms with Gasteiger partial charge < -0.3 is 15.0 Å². The Hall–Kier alpha value is -1.45. The molecule has 2 unspecified atom stereocenters. The maximum absolute atomic E-state index is 5.43. The van der Waals surface area contributed by atoms with Crippen LogP contribution in [0.3, 0.4) is 0 Å². The summed E-state index contributed by atoms with van der Waals surface area (Å²) in [5.74, 6) is 1.54. The third-order valence-corrected chi connectivity index (χ3v) is 4.28. The molecule has 1 aromatic heterocycles. The number of hydrogen-bond acceptors (Lipinski definition) is 4. The molecule has 0 saturated heterocycles. The van der Waals surface area contributed by atoms with E-state index in [0.717, 1.165) is 17.3 Å². The van der Waals surface area contributed by atoms with E-state index in [1.54, 1.807) is 13.3 Å². The molecule has 1 aliphatic carbocycles. The predicted molar refractivity (Wildman–Crippen MR) is 84.8 cm³/mol. The Labute approximate surface area is 122 Å². The highest BCUT2D eigenvalue weighted by atomic mass is 16.5. The van der Waals surface area contributed by atoms with E-state index in [0.29, 0.717) is 11.9 Å². The molecule has 0 aliphatic heterocycles. The SMILES string of the molecule is CCC1CCCC(Nc2c(N(C)C)ccnc2OC)C1. The number of aromatic nitrogens is 1. The van der Waals surface area contributed by atoms with Crippen molar-refractivity contribution in [2.24, 2.45) is 5.92 Å². The summed E-state index contributed by atoms with van der Waals surface area (Å²) in [6.45, 7) is 2.29. The predicted octanol–water partition coefficient (Wildman–Crippen LogP) is 3.54. The maximum Gasteiger partial charge on any atom is 0.239 e. The van der Waals surface area contributed by atoms with E-state index in [2.05, 4.69) is 36.2 Å². The van der Waals surface area contributed by atoms with Crippen molar-refractivity contribution < 1.29 is 4.74 Å². The number of ether oxygens (including phenoxy) is 1. The summed E-state index contributed by atoms with van der Waals surface area (Å²) in [5.41, 5.74) is 2.16. The molecule has 4 heteroatoms. The first-order chi connectivity index (χ1) is 9.65. The molecule has 20 heavy (non-hydrogen) atoms. The average Bonchev–Trinajstić information content (AvgIpc) is 2.47. The summed E-state index contributed by atoms with van der Waals surface area (Å²) >= 11 is 0. The Kier molecular flexibility index (Phi) is 5.10. The van der Waals surface area contributed by atoms with Gasteiger partial charge in [-0.05, 0) is 24.8 Å². The second kappa shape index (κ2) is 6.82. The van der Waals surface area contributed by atoms with Gasteiger partial charge in [-0.2, -0.15) is 0 Å². The second-order valence-corrected chi connectivity index (χ2v) is 5.89. The molecule has 0 radical (unpaired) electrons. The monoisotopic (exact) mass is 277 g/mol. The number of rotatable bonds is 5. The highest BCUT2D eigenvalue weighted by Crippen LogP contribution is 2.36. The lowest BCUT2D eigenvalue weighted by Crippen LogP contribution is -2.28. The van der Waals surface area contributed by atoms with E-state index in [-0.39, 0.29) is 0 Å². The van der Waals surface area contributed by atoms with E-state index >= 15 is 0 Å². The number of methoxy groups -OCH3 is 1. The van der Waals surface area contributed by atoms with Crippen molar-refractivity contribution in [2.75, 3.05) is 31.4 Å². The first-order valence-electron chi connectivity index (χ1n) is 7.62. The van der Waals surface area contributed by atoms with Gasteiger partial charge in [-0.15, -0.1) is 0 Å². The Morgan fingerprint density at radius 1 is 1.40 bits per heavy atom. The molecule has 0 bridgehead atoms. The standard InChI is InChI=1S/C16H27N3O/c1-5-12-7-6-8-13(11-12)18-15-14(19(2)3)9-10-17-16(15)20-4/h9-10,12-13,18H,5-8,11H2,1-4H3. The van der Waals surface area contributed by atoms with Crippen molar-refractivity contribution in [3.05, 3.63) is 12.3 Å². The number of anilines is 2. The summed E-state index contributed by atoms with van der Waals surface area (Å²) in [4.78, 5) is 6.44. The van der Waals surface area contributed by atoms with Gasteiger partial charge in [-0.25, -0.2) is 4.98 Å². The Balaban J connectivity index is 2.18. The first kappa shape index (κ1) is 14.9. The zero-order chi connectivity index (χ0) is 14.5. The molecule has 2 rings (SSSR count). The quantitative estimate of drug-likeness (QED) is 0.893. The first-order valence-corrected chi connectivity index (χ1v) is 7.62. The number of nitrogens with one attached hydrogen (secondary N) is 1. The third-order valence-electron chi connectivity index (χ3n) is 4.28. The number of pyridine rings is 1. The molecule has 0 amide bonds. The molecule has 112 valence electrons.